The zero-order valence-corrected chi connectivity index (χ0v) is 16.6. The fourth-order valence-corrected chi connectivity index (χ4v) is 2.93. The summed E-state index contributed by atoms with van der Waals surface area (Å²) in [6.07, 6.45) is 0.953. The maximum atomic E-state index is 12.9. The maximum absolute atomic E-state index is 12.9. The van der Waals surface area contributed by atoms with Crippen LogP contribution in [0, 0.1) is 5.92 Å². The van der Waals surface area contributed by atoms with Crippen molar-refractivity contribution in [1.29, 1.82) is 0 Å². The van der Waals surface area contributed by atoms with Crippen LogP contribution in [-0.4, -0.2) is 23.3 Å². The van der Waals surface area contributed by atoms with E-state index in [0.717, 1.165) is 11.4 Å². The Morgan fingerprint density at radius 3 is 2.36 bits per heavy atom. The Labute approximate surface area is 171 Å². The number of benzene rings is 2. The summed E-state index contributed by atoms with van der Waals surface area (Å²) in [5.74, 6) is 0.0549. The van der Waals surface area contributed by atoms with Gasteiger partial charge in [-0.2, -0.15) is 0 Å². The molecule has 1 atom stereocenters. The molecule has 2 aromatic rings. The van der Waals surface area contributed by atoms with E-state index in [0.29, 0.717) is 19.4 Å². The number of amides is 1. The molecule has 5 nitrogen and oxygen atoms in total. The van der Waals surface area contributed by atoms with Gasteiger partial charge < -0.3 is 11.3 Å². The van der Waals surface area contributed by atoms with Crippen LogP contribution in [0.1, 0.15) is 21.2 Å². The average molecular weight is 348 g/mol. The van der Waals surface area contributed by atoms with Gasteiger partial charge in [0.25, 0.3) is 5.91 Å². The van der Waals surface area contributed by atoms with Gasteiger partial charge in [0.1, 0.15) is 11.5 Å². The van der Waals surface area contributed by atoms with E-state index in [1.807, 2.05) is 35.3 Å². The van der Waals surface area contributed by atoms with E-state index >= 15 is 0 Å². The van der Waals surface area contributed by atoms with Crippen molar-refractivity contribution in [3.05, 3.63) is 54.6 Å². The molecule has 0 saturated carbocycles. The fraction of sp³-hybridized carbons (Fsp3) is 0.263. The molecule has 1 fully saturated rings. The van der Waals surface area contributed by atoms with Gasteiger partial charge >= 0.3 is 29.6 Å². The summed E-state index contributed by atoms with van der Waals surface area (Å²) >= 11 is 0. The summed E-state index contributed by atoms with van der Waals surface area (Å²) < 4.78 is 0. The van der Waals surface area contributed by atoms with E-state index in [4.69, 9.17) is 0 Å². The van der Waals surface area contributed by atoms with Crippen LogP contribution in [-0.2, 0) is 9.59 Å². The molecular formula is C19H21N2NaO3. The number of nitrogens with zero attached hydrogens (tertiary/aromatic N) is 2. The largest absolute Gasteiger partial charge is 1.00 e. The number of carbonyl (C=O) groups is 2. The van der Waals surface area contributed by atoms with Gasteiger partial charge in [0, 0.05) is 6.42 Å². The number of hydrogen-bond donors (Lipinski definition) is 1. The number of hydrogen-bond acceptors (Lipinski definition) is 4. The molecule has 25 heavy (non-hydrogen) atoms. The summed E-state index contributed by atoms with van der Waals surface area (Å²) in [4.78, 5) is 24.2. The van der Waals surface area contributed by atoms with Gasteiger partial charge in [-0.1, -0.05) is 18.2 Å². The molecule has 1 heterocycles. The first kappa shape index (κ1) is 19.5. The van der Waals surface area contributed by atoms with Crippen molar-refractivity contribution in [3.63, 3.8) is 0 Å². The van der Waals surface area contributed by atoms with Gasteiger partial charge in [-0.05, 0) is 49.7 Å². The van der Waals surface area contributed by atoms with Crippen molar-refractivity contribution in [2.45, 2.75) is 19.8 Å². The molecule has 0 aromatic heterocycles. The molecule has 0 bridgehead atoms. The minimum Gasteiger partial charge on any atom is -1.00 e. The van der Waals surface area contributed by atoms with Crippen molar-refractivity contribution >= 4 is 23.1 Å². The Morgan fingerprint density at radius 1 is 1.12 bits per heavy atom. The van der Waals surface area contributed by atoms with Crippen LogP contribution >= 0.6 is 0 Å². The number of Topliss-reactive ketones (excluding diaryl/α,β-unsaturated/α-hetero) is 1. The molecule has 126 valence electrons. The van der Waals surface area contributed by atoms with Crippen LogP contribution in [0.4, 0.5) is 11.4 Å². The number of para-hydroxylation sites is 1. The van der Waals surface area contributed by atoms with Crippen molar-refractivity contribution in [1.82, 2.24) is 0 Å². The Bertz CT molecular complexity index is 740. The summed E-state index contributed by atoms with van der Waals surface area (Å²) in [6, 6.07) is 16.2. The SMILES string of the molecule is CC(=O)CCC1CN(c2ccc(O)cc2)N(c2ccccc2)C1=O.[H-].[Na+]. The fourth-order valence-electron chi connectivity index (χ4n) is 2.93. The van der Waals surface area contributed by atoms with Gasteiger partial charge in [-0.3, -0.25) is 9.80 Å². The topological polar surface area (TPSA) is 60.9 Å². The minimum atomic E-state index is -0.220. The first-order valence-corrected chi connectivity index (χ1v) is 8.01. The molecule has 0 aliphatic carbocycles. The third kappa shape index (κ3) is 4.42. The van der Waals surface area contributed by atoms with E-state index in [1.165, 1.54) is 0 Å². The molecular weight excluding hydrogens is 327 g/mol. The molecule has 1 N–H and O–H groups in total. The molecule has 6 heteroatoms. The summed E-state index contributed by atoms with van der Waals surface area (Å²) in [5.41, 5.74) is 1.62. The average Bonchev–Trinajstić information content (AvgIpc) is 2.91. The van der Waals surface area contributed by atoms with E-state index in [-0.39, 0.29) is 54.3 Å². The van der Waals surface area contributed by atoms with Crippen molar-refractivity contribution in [2.75, 3.05) is 16.6 Å². The smallest absolute Gasteiger partial charge is 1.00 e. The third-order valence-corrected chi connectivity index (χ3v) is 4.19. The van der Waals surface area contributed by atoms with Crippen molar-refractivity contribution < 1.29 is 45.7 Å². The number of aromatic hydroxyl groups is 1. The van der Waals surface area contributed by atoms with Crippen LogP contribution in [0.25, 0.3) is 0 Å². The number of hydrazine groups is 1. The van der Waals surface area contributed by atoms with Gasteiger partial charge in [-0.25, -0.2) is 5.01 Å². The van der Waals surface area contributed by atoms with Crippen molar-refractivity contribution in [3.8, 4) is 5.75 Å². The number of anilines is 2. The Morgan fingerprint density at radius 2 is 1.76 bits per heavy atom. The first-order chi connectivity index (χ1) is 11.6. The zero-order chi connectivity index (χ0) is 17.1. The van der Waals surface area contributed by atoms with Gasteiger partial charge in [0.05, 0.1) is 23.8 Å². The monoisotopic (exact) mass is 348 g/mol. The van der Waals surface area contributed by atoms with Crippen LogP contribution in [0.15, 0.2) is 54.6 Å². The second-order valence-electron chi connectivity index (χ2n) is 6.02. The standard InChI is InChI=1S/C19H20N2O3.Na.H/c1-14(22)7-8-15-13-20(16-9-11-18(23)12-10-16)21(19(15)24)17-5-3-2-4-6-17;;/h2-6,9-12,15,23H,7-8,13H2,1H3;;/q;+1;-1. The van der Waals surface area contributed by atoms with E-state index < -0.39 is 0 Å². The second kappa shape index (κ2) is 8.52. The quantitative estimate of drug-likeness (QED) is 0.788. The maximum Gasteiger partial charge on any atom is 1.00 e. The molecule has 1 aliphatic rings. The normalized spacial score (nSPS) is 16.7. The molecule has 1 saturated heterocycles. The summed E-state index contributed by atoms with van der Waals surface area (Å²) in [5, 5.41) is 13.1. The first-order valence-electron chi connectivity index (χ1n) is 8.01. The van der Waals surface area contributed by atoms with Crippen LogP contribution in [0.5, 0.6) is 5.75 Å². The predicted molar refractivity (Wildman–Crippen MR) is 93.9 cm³/mol. The van der Waals surface area contributed by atoms with Crippen LogP contribution < -0.4 is 39.6 Å². The molecule has 0 spiro atoms. The molecule has 1 aliphatic heterocycles. The number of phenols is 1. The molecule has 2 aromatic carbocycles. The van der Waals surface area contributed by atoms with E-state index in [9.17, 15) is 14.7 Å². The van der Waals surface area contributed by atoms with E-state index in [1.54, 1.807) is 36.2 Å². The Kier molecular flexibility index (Phi) is 6.64. The predicted octanol–water partition coefficient (Wildman–Crippen LogP) is 0.262. The molecule has 0 radical (unpaired) electrons. The number of ketones is 1. The summed E-state index contributed by atoms with van der Waals surface area (Å²) in [7, 11) is 0. The van der Waals surface area contributed by atoms with Crippen molar-refractivity contribution in [2.24, 2.45) is 5.92 Å². The van der Waals surface area contributed by atoms with Gasteiger partial charge in [-0.15, -0.1) is 0 Å². The molecule has 1 amide bonds. The number of carbonyl (C=O) groups excluding carboxylic acids is 2. The number of phenolic OH excluding ortho intramolecular Hbond substituents is 1. The minimum absolute atomic E-state index is 0. The summed E-state index contributed by atoms with van der Waals surface area (Å²) in [6.45, 7) is 2.07. The number of rotatable bonds is 5. The Hall–Kier alpha value is -1.82. The van der Waals surface area contributed by atoms with Crippen LogP contribution in [0.2, 0.25) is 0 Å². The third-order valence-electron chi connectivity index (χ3n) is 4.19. The second-order valence-corrected chi connectivity index (χ2v) is 6.02. The van der Waals surface area contributed by atoms with Gasteiger partial charge in [0.2, 0.25) is 0 Å². The molecule has 1 unspecified atom stereocenters. The van der Waals surface area contributed by atoms with Gasteiger partial charge in [0.15, 0.2) is 0 Å². The Balaban J connectivity index is 0.00000169. The van der Waals surface area contributed by atoms with E-state index in [2.05, 4.69) is 0 Å². The molecule has 3 rings (SSSR count). The zero-order valence-electron chi connectivity index (χ0n) is 15.6. The van der Waals surface area contributed by atoms with Crippen LogP contribution in [0.3, 0.4) is 0 Å².